The predicted octanol–water partition coefficient (Wildman–Crippen LogP) is 3.10. The SMILES string of the molecule is NC(CCl)=NCCC[C@H](NC(=O)c1c[nH]c2ccc(F)cc12)C(=O)NCc1ccccc1. The van der Waals surface area contributed by atoms with Crippen molar-refractivity contribution in [1.82, 2.24) is 15.6 Å². The zero-order valence-electron chi connectivity index (χ0n) is 17.4. The van der Waals surface area contributed by atoms with Gasteiger partial charge >= 0.3 is 0 Å². The fraction of sp³-hybridized carbons (Fsp3) is 0.261. The van der Waals surface area contributed by atoms with E-state index >= 15 is 0 Å². The van der Waals surface area contributed by atoms with Crippen LogP contribution in [-0.4, -0.2) is 41.1 Å². The monoisotopic (exact) mass is 457 g/mol. The number of nitrogens with zero attached hydrogens (tertiary/aromatic N) is 1. The number of carbonyl (C=O) groups excluding carboxylic acids is 2. The van der Waals surface area contributed by atoms with Gasteiger partial charge in [0.05, 0.1) is 11.4 Å². The standard InChI is InChI=1S/C23H25ClFN5O2/c24-12-21(26)27-10-4-7-20(23(32)29-13-15-5-2-1-3-6-15)30-22(31)18-14-28-19-9-8-16(25)11-17(18)19/h1-3,5-6,8-9,11,14,20,28H,4,7,10,12-13H2,(H2,26,27)(H,29,32)(H,30,31)/t20-/m0/s1. The van der Waals surface area contributed by atoms with Crippen molar-refractivity contribution in [3.8, 4) is 0 Å². The molecule has 0 saturated heterocycles. The highest BCUT2D eigenvalue weighted by Gasteiger charge is 2.22. The van der Waals surface area contributed by atoms with Gasteiger partial charge in [-0.3, -0.25) is 14.6 Å². The Morgan fingerprint density at radius 1 is 1.19 bits per heavy atom. The first-order valence-electron chi connectivity index (χ1n) is 10.2. The van der Waals surface area contributed by atoms with E-state index in [4.69, 9.17) is 17.3 Å². The Balaban J connectivity index is 1.70. The maximum absolute atomic E-state index is 13.7. The van der Waals surface area contributed by atoms with Crippen LogP contribution >= 0.6 is 11.6 Å². The van der Waals surface area contributed by atoms with Crippen LogP contribution in [0.25, 0.3) is 10.9 Å². The van der Waals surface area contributed by atoms with E-state index in [0.717, 1.165) is 5.56 Å². The number of hydrogen-bond acceptors (Lipinski definition) is 3. The van der Waals surface area contributed by atoms with Crippen LogP contribution in [0.15, 0.2) is 59.7 Å². The fourth-order valence-electron chi connectivity index (χ4n) is 3.25. The molecule has 0 aliphatic carbocycles. The molecule has 32 heavy (non-hydrogen) atoms. The molecule has 0 unspecified atom stereocenters. The third-order valence-corrected chi connectivity index (χ3v) is 5.20. The van der Waals surface area contributed by atoms with E-state index in [2.05, 4.69) is 20.6 Å². The molecular formula is C23H25ClFN5O2. The third kappa shape index (κ3) is 6.31. The predicted molar refractivity (Wildman–Crippen MR) is 124 cm³/mol. The lowest BCUT2D eigenvalue weighted by atomic mass is 10.1. The average molecular weight is 458 g/mol. The Hall–Kier alpha value is -3.39. The maximum atomic E-state index is 13.7. The van der Waals surface area contributed by atoms with Gasteiger partial charge in [0.1, 0.15) is 17.7 Å². The minimum atomic E-state index is -0.794. The number of amidine groups is 1. The molecule has 0 aliphatic heterocycles. The number of alkyl halides is 1. The quantitative estimate of drug-likeness (QED) is 0.162. The van der Waals surface area contributed by atoms with E-state index in [1.807, 2.05) is 30.3 Å². The summed E-state index contributed by atoms with van der Waals surface area (Å²) in [6.07, 6.45) is 2.37. The minimum Gasteiger partial charge on any atom is -0.386 e. The summed E-state index contributed by atoms with van der Waals surface area (Å²) in [5.74, 6) is -0.776. The molecule has 9 heteroatoms. The van der Waals surface area contributed by atoms with Gasteiger partial charge in [-0.1, -0.05) is 30.3 Å². The number of nitrogens with one attached hydrogen (secondary N) is 3. The van der Waals surface area contributed by atoms with Gasteiger partial charge in [-0.05, 0) is 36.6 Å². The summed E-state index contributed by atoms with van der Waals surface area (Å²) < 4.78 is 13.7. The van der Waals surface area contributed by atoms with Crippen LogP contribution in [0.2, 0.25) is 0 Å². The number of amides is 2. The normalized spacial score (nSPS) is 12.5. The number of benzene rings is 2. The van der Waals surface area contributed by atoms with Crippen molar-refractivity contribution in [1.29, 1.82) is 0 Å². The van der Waals surface area contributed by atoms with Crippen molar-refractivity contribution in [3.05, 3.63) is 71.7 Å². The Morgan fingerprint density at radius 2 is 1.97 bits per heavy atom. The molecule has 3 aromatic rings. The van der Waals surface area contributed by atoms with Gasteiger partial charge in [-0.25, -0.2) is 4.39 Å². The average Bonchev–Trinajstić information content (AvgIpc) is 3.23. The number of halogens is 2. The van der Waals surface area contributed by atoms with Crippen LogP contribution in [0.1, 0.15) is 28.8 Å². The lowest BCUT2D eigenvalue weighted by molar-refractivity contribution is -0.123. The van der Waals surface area contributed by atoms with Crippen LogP contribution < -0.4 is 16.4 Å². The number of H-pyrrole nitrogens is 1. The summed E-state index contributed by atoms with van der Waals surface area (Å²) in [6.45, 7) is 0.719. The van der Waals surface area contributed by atoms with Gasteiger partial charge in [0.25, 0.3) is 5.91 Å². The fourth-order valence-corrected chi connectivity index (χ4v) is 3.34. The molecule has 0 saturated carbocycles. The highest BCUT2D eigenvalue weighted by molar-refractivity contribution is 6.27. The van der Waals surface area contributed by atoms with Crippen molar-refractivity contribution in [2.24, 2.45) is 10.7 Å². The number of aromatic amines is 1. The summed E-state index contributed by atoms with van der Waals surface area (Å²) >= 11 is 5.62. The zero-order chi connectivity index (χ0) is 22.9. The molecule has 1 aromatic heterocycles. The molecule has 2 aromatic carbocycles. The second kappa shape index (κ2) is 11.3. The summed E-state index contributed by atoms with van der Waals surface area (Å²) in [5.41, 5.74) is 7.45. The molecule has 7 nitrogen and oxygen atoms in total. The molecule has 1 heterocycles. The number of fused-ring (bicyclic) bond motifs is 1. The van der Waals surface area contributed by atoms with E-state index in [1.165, 1.54) is 18.3 Å². The molecule has 0 fully saturated rings. The largest absolute Gasteiger partial charge is 0.386 e. The van der Waals surface area contributed by atoms with Crippen molar-refractivity contribution < 1.29 is 14.0 Å². The number of aromatic nitrogens is 1. The zero-order valence-corrected chi connectivity index (χ0v) is 18.2. The maximum Gasteiger partial charge on any atom is 0.254 e. The van der Waals surface area contributed by atoms with Gasteiger partial charge < -0.3 is 21.4 Å². The Kier molecular flexibility index (Phi) is 8.21. The van der Waals surface area contributed by atoms with Gasteiger partial charge in [-0.15, -0.1) is 11.6 Å². The van der Waals surface area contributed by atoms with Crippen LogP contribution in [0.4, 0.5) is 4.39 Å². The first-order chi connectivity index (χ1) is 15.5. The molecule has 1 atom stereocenters. The Labute approximate surface area is 190 Å². The minimum absolute atomic E-state index is 0.134. The second-order valence-corrected chi connectivity index (χ2v) is 7.54. The van der Waals surface area contributed by atoms with Crippen LogP contribution in [0.5, 0.6) is 0 Å². The number of rotatable bonds is 10. The summed E-state index contributed by atoms with van der Waals surface area (Å²) in [4.78, 5) is 32.8. The molecule has 0 bridgehead atoms. The molecule has 5 N–H and O–H groups in total. The van der Waals surface area contributed by atoms with Gasteiger partial charge in [-0.2, -0.15) is 0 Å². The first kappa shape index (κ1) is 23.3. The van der Waals surface area contributed by atoms with Crippen molar-refractivity contribution in [2.75, 3.05) is 12.4 Å². The molecule has 2 amide bonds. The van der Waals surface area contributed by atoms with Crippen LogP contribution in [-0.2, 0) is 11.3 Å². The number of carbonyl (C=O) groups is 2. The van der Waals surface area contributed by atoms with E-state index in [-0.39, 0.29) is 17.4 Å². The van der Waals surface area contributed by atoms with E-state index in [0.29, 0.717) is 42.7 Å². The number of aliphatic imine (C=N–C) groups is 1. The van der Waals surface area contributed by atoms with Crippen molar-refractivity contribution >= 4 is 40.2 Å². The smallest absolute Gasteiger partial charge is 0.254 e. The van der Waals surface area contributed by atoms with Crippen molar-refractivity contribution in [2.45, 2.75) is 25.4 Å². The highest BCUT2D eigenvalue weighted by Crippen LogP contribution is 2.19. The molecule has 168 valence electrons. The molecule has 0 radical (unpaired) electrons. The van der Waals surface area contributed by atoms with Crippen LogP contribution in [0.3, 0.4) is 0 Å². The van der Waals surface area contributed by atoms with Gasteiger partial charge in [0.2, 0.25) is 5.91 Å². The lowest BCUT2D eigenvalue weighted by Crippen LogP contribution is -2.46. The van der Waals surface area contributed by atoms with Crippen LogP contribution in [0, 0.1) is 5.82 Å². The molecule has 0 spiro atoms. The topological polar surface area (TPSA) is 112 Å². The first-order valence-corrected chi connectivity index (χ1v) is 10.7. The second-order valence-electron chi connectivity index (χ2n) is 7.27. The van der Waals surface area contributed by atoms with E-state index in [9.17, 15) is 14.0 Å². The summed E-state index contributed by atoms with van der Waals surface area (Å²) in [7, 11) is 0. The summed E-state index contributed by atoms with van der Waals surface area (Å²) in [6, 6.07) is 12.8. The third-order valence-electron chi connectivity index (χ3n) is 4.92. The molecular weight excluding hydrogens is 433 g/mol. The summed E-state index contributed by atoms with van der Waals surface area (Å²) in [5, 5.41) is 6.07. The molecule has 3 rings (SSSR count). The van der Waals surface area contributed by atoms with Crippen molar-refractivity contribution in [3.63, 3.8) is 0 Å². The van der Waals surface area contributed by atoms with Gasteiger partial charge in [0.15, 0.2) is 0 Å². The Morgan fingerprint density at radius 3 is 2.72 bits per heavy atom. The van der Waals surface area contributed by atoms with Gasteiger partial charge in [0, 0.05) is 30.2 Å². The highest BCUT2D eigenvalue weighted by atomic mass is 35.5. The molecule has 0 aliphatic rings. The number of hydrogen-bond donors (Lipinski definition) is 4. The Bertz CT molecular complexity index is 1100. The van der Waals surface area contributed by atoms with E-state index < -0.39 is 17.8 Å². The lowest BCUT2D eigenvalue weighted by Gasteiger charge is -2.18. The van der Waals surface area contributed by atoms with E-state index in [1.54, 1.807) is 6.07 Å². The number of nitrogens with two attached hydrogens (primary N) is 1.